The Morgan fingerprint density at radius 2 is 2.05 bits per heavy atom. The molecule has 0 saturated heterocycles. The molecule has 0 atom stereocenters. The number of amides is 1. The second-order valence-electron chi connectivity index (χ2n) is 4.37. The van der Waals surface area contributed by atoms with Crippen molar-refractivity contribution in [3.05, 3.63) is 60.0 Å². The summed E-state index contributed by atoms with van der Waals surface area (Å²) in [6.07, 6.45) is 2.42. The first-order valence-electron chi connectivity index (χ1n) is 6.21. The minimum absolute atomic E-state index is 0.109. The standard InChI is InChI=1S/C15H14N2O2/c18-15(13-10-14-12(17-13)7-9-19-14)16-8-6-11-4-2-1-3-5-11/h1-5,7,9-10,17H,6,8H2,(H,16,18). The van der Waals surface area contributed by atoms with Gasteiger partial charge >= 0.3 is 0 Å². The summed E-state index contributed by atoms with van der Waals surface area (Å²) in [6.45, 7) is 0.614. The molecule has 0 spiro atoms. The number of furan rings is 1. The molecule has 3 rings (SSSR count). The molecule has 0 fully saturated rings. The van der Waals surface area contributed by atoms with Crippen molar-refractivity contribution in [3.63, 3.8) is 0 Å². The molecule has 4 heteroatoms. The Hall–Kier alpha value is -2.49. The quantitative estimate of drug-likeness (QED) is 0.752. The third kappa shape index (κ3) is 2.52. The number of aromatic nitrogens is 1. The fourth-order valence-corrected chi connectivity index (χ4v) is 2.03. The van der Waals surface area contributed by atoms with Crippen molar-refractivity contribution in [2.24, 2.45) is 0 Å². The van der Waals surface area contributed by atoms with Crippen molar-refractivity contribution < 1.29 is 9.21 Å². The Kier molecular flexibility index (Phi) is 3.06. The number of hydrogen-bond acceptors (Lipinski definition) is 2. The van der Waals surface area contributed by atoms with Crippen molar-refractivity contribution in [3.8, 4) is 0 Å². The van der Waals surface area contributed by atoms with Gasteiger partial charge in [0.2, 0.25) is 0 Å². The van der Waals surface area contributed by atoms with Crippen molar-refractivity contribution in [1.29, 1.82) is 0 Å². The summed E-state index contributed by atoms with van der Waals surface area (Å²) in [5.41, 5.74) is 3.28. The van der Waals surface area contributed by atoms with Crippen LogP contribution < -0.4 is 5.32 Å². The largest absolute Gasteiger partial charge is 0.463 e. The van der Waals surface area contributed by atoms with Gasteiger partial charge in [0.1, 0.15) is 5.69 Å². The van der Waals surface area contributed by atoms with Gasteiger partial charge in [0.25, 0.3) is 5.91 Å². The van der Waals surface area contributed by atoms with E-state index < -0.39 is 0 Å². The summed E-state index contributed by atoms with van der Waals surface area (Å²) in [7, 11) is 0. The van der Waals surface area contributed by atoms with E-state index in [-0.39, 0.29) is 5.91 Å². The fraction of sp³-hybridized carbons (Fsp3) is 0.133. The second-order valence-corrected chi connectivity index (χ2v) is 4.37. The van der Waals surface area contributed by atoms with Gasteiger partial charge in [-0.25, -0.2) is 0 Å². The van der Waals surface area contributed by atoms with Crippen LogP contribution in [0, 0.1) is 0 Å². The molecule has 0 aliphatic heterocycles. The molecule has 96 valence electrons. The maximum Gasteiger partial charge on any atom is 0.267 e. The lowest BCUT2D eigenvalue weighted by molar-refractivity contribution is 0.0950. The van der Waals surface area contributed by atoms with E-state index in [0.717, 1.165) is 11.9 Å². The van der Waals surface area contributed by atoms with E-state index in [1.165, 1.54) is 5.56 Å². The van der Waals surface area contributed by atoms with E-state index in [4.69, 9.17) is 4.42 Å². The van der Waals surface area contributed by atoms with Crippen molar-refractivity contribution in [1.82, 2.24) is 10.3 Å². The molecule has 0 saturated carbocycles. The molecule has 0 unspecified atom stereocenters. The fourth-order valence-electron chi connectivity index (χ4n) is 2.03. The molecule has 2 aromatic heterocycles. The first-order valence-corrected chi connectivity index (χ1v) is 6.21. The monoisotopic (exact) mass is 254 g/mol. The maximum atomic E-state index is 11.9. The molecule has 2 N–H and O–H groups in total. The third-order valence-corrected chi connectivity index (χ3v) is 3.03. The summed E-state index contributed by atoms with van der Waals surface area (Å²) >= 11 is 0. The number of aromatic amines is 1. The Balaban J connectivity index is 1.58. The number of carbonyl (C=O) groups is 1. The number of fused-ring (bicyclic) bond motifs is 1. The van der Waals surface area contributed by atoms with Crippen molar-refractivity contribution in [2.75, 3.05) is 6.54 Å². The molecule has 0 aliphatic carbocycles. The molecule has 0 bridgehead atoms. The van der Waals surface area contributed by atoms with E-state index in [1.807, 2.05) is 30.3 Å². The number of rotatable bonds is 4. The van der Waals surface area contributed by atoms with Crippen LogP contribution in [0.25, 0.3) is 11.1 Å². The van der Waals surface area contributed by atoms with E-state index in [2.05, 4.69) is 10.3 Å². The Bertz CT molecular complexity index is 654. The van der Waals surface area contributed by atoms with E-state index in [9.17, 15) is 4.79 Å². The predicted octanol–water partition coefficient (Wildman–Crippen LogP) is 2.73. The van der Waals surface area contributed by atoms with Crippen molar-refractivity contribution >= 4 is 17.0 Å². The number of H-pyrrole nitrogens is 1. The SMILES string of the molecule is O=C(NCCc1ccccc1)c1cc2occc2[nH]1. The van der Waals surface area contributed by atoms with Crippen LogP contribution in [0.2, 0.25) is 0 Å². The van der Waals surface area contributed by atoms with Crippen molar-refractivity contribution in [2.45, 2.75) is 6.42 Å². The van der Waals surface area contributed by atoms with Gasteiger partial charge in [-0.3, -0.25) is 4.79 Å². The summed E-state index contributed by atoms with van der Waals surface area (Å²) in [5, 5.41) is 2.89. The highest BCUT2D eigenvalue weighted by Crippen LogP contribution is 2.15. The highest BCUT2D eigenvalue weighted by molar-refractivity contribution is 5.96. The Labute approximate surface area is 110 Å². The number of hydrogen-bond donors (Lipinski definition) is 2. The van der Waals surface area contributed by atoms with Crippen LogP contribution in [0.1, 0.15) is 16.1 Å². The van der Waals surface area contributed by atoms with Gasteiger partial charge < -0.3 is 14.7 Å². The molecule has 0 aliphatic rings. The van der Waals surface area contributed by atoms with Gasteiger partial charge in [0.15, 0.2) is 5.58 Å². The molecule has 0 radical (unpaired) electrons. The minimum Gasteiger partial charge on any atom is -0.463 e. The van der Waals surface area contributed by atoms with Crippen LogP contribution in [-0.2, 0) is 6.42 Å². The van der Waals surface area contributed by atoms with Crippen LogP contribution in [-0.4, -0.2) is 17.4 Å². The number of carbonyl (C=O) groups excluding carboxylic acids is 1. The van der Waals surface area contributed by atoms with Gasteiger partial charge in [-0.05, 0) is 12.0 Å². The van der Waals surface area contributed by atoms with E-state index in [1.54, 1.807) is 18.4 Å². The van der Waals surface area contributed by atoms with Gasteiger partial charge in [-0.2, -0.15) is 0 Å². The average molecular weight is 254 g/mol. The van der Waals surface area contributed by atoms with Crippen LogP contribution in [0.4, 0.5) is 0 Å². The lowest BCUT2D eigenvalue weighted by Crippen LogP contribution is -2.25. The Morgan fingerprint density at radius 1 is 1.21 bits per heavy atom. The molecular formula is C15H14N2O2. The predicted molar refractivity (Wildman–Crippen MR) is 73.0 cm³/mol. The molecule has 1 aromatic carbocycles. The first-order chi connectivity index (χ1) is 9.33. The lowest BCUT2D eigenvalue weighted by Gasteiger charge is -2.03. The molecular weight excluding hydrogens is 240 g/mol. The van der Waals surface area contributed by atoms with Gasteiger partial charge in [0.05, 0.1) is 11.8 Å². The van der Waals surface area contributed by atoms with Crippen LogP contribution in [0.5, 0.6) is 0 Å². The zero-order chi connectivity index (χ0) is 13.1. The maximum absolute atomic E-state index is 11.9. The van der Waals surface area contributed by atoms with Crippen LogP contribution >= 0.6 is 0 Å². The van der Waals surface area contributed by atoms with E-state index in [0.29, 0.717) is 17.8 Å². The van der Waals surface area contributed by atoms with Crippen LogP contribution in [0.3, 0.4) is 0 Å². The highest BCUT2D eigenvalue weighted by atomic mass is 16.3. The second kappa shape index (κ2) is 5.02. The zero-order valence-electron chi connectivity index (χ0n) is 10.3. The van der Waals surface area contributed by atoms with Crippen LogP contribution in [0.15, 0.2) is 53.1 Å². The van der Waals surface area contributed by atoms with Gasteiger partial charge in [-0.1, -0.05) is 30.3 Å². The summed E-state index contributed by atoms with van der Waals surface area (Å²) in [6, 6.07) is 13.6. The van der Waals surface area contributed by atoms with Gasteiger partial charge in [0, 0.05) is 18.7 Å². The normalized spacial score (nSPS) is 10.7. The summed E-state index contributed by atoms with van der Waals surface area (Å²) in [4.78, 5) is 14.9. The summed E-state index contributed by atoms with van der Waals surface area (Å²) in [5.74, 6) is -0.109. The van der Waals surface area contributed by atoms with E-state index >= 15 is 0 Å². The number of nitrogens with one attached hydrogen (secondary N) is 2. The lowest BCUT2D eigenvalue weighted by atomic mass is 10.1. The molecule has 3 aromatic rings. The zero-order valence-corrected chi connectivity index (χ0v) is 10.3. The first kappa shape index (κ1) is 11.6. The molecule has 1 amide bonds. The summed E-state index contributed by atoms with van der Waals surface area (Å²) < 4.78 is 5.21. The minimum atomic E-state index is -0.109. The topological polar surface area (TPSA) is 58.0 Å². The third-order valence-electron chi connectivity index (χ3n) is 3.03. The Morgan fingerprint density at radius 3 is 2.84 bits per heavy atom. The number of benzene rings is 1. The molecule has 4 nitrogen and oxygen atoms in total. The molecule has 2 heterocycles. The molecule has 19 heavy (non-hydrogen) atoms. The average Bonchev–Trinajstić information content (AvgIpc) is 3.00. The smallest absolute Gasteiger partial charge is 0.267 e. The highest BCUT2D eigenvalue weighted by Gasteiger charge is 2.10. The van der Waals surface area contributed by atoms with Gasteiger partial charge in [-0.15, -0.1) is 0 Å².